The maximum Gasteiger partial charge on any atom is 0.0391 e. The second-order valence-corrected chi connectivity index (χ2v) is 6.21. The number of hydrogen-bond acceptors (Lipinski definition) is 2. The van der Waals surface area contributed by atoms with E-state index in [1.165, 1.54) is 21.2 Å². The molecule has 1 N–H and O–H groups in total. The Balaban J connectivity index is 1.80. The lowest BCUT2D eigenvalue weighted by Gasteiger charge is -2.20. The summed E-state index contributed by atoms with van der Waals surface area (Å²) in [5.74, 6) is 0. The zero-order valence-electron chi connectivity index (χ0n) is 11.8. The summed E-state index contributed by atoms with van der Waals surface area (Å²) >= 11 is 1.81. The molecule has 0 aliphatic carbocycles. The number of rotatable bonds is 4. The Morgan fingerprint density at radius 2 is 1.65 bits per heavy atom. The van der Waals surface area contributed by atoms with Gasteiger partial charge in [-0.3, -0.25) is 0 Å². The highest BCUT2D eigenvalue weighted by molar-refractivity contribution is 7.10. The zero-order chi connectivity index (χ0) is 13.9. The molecule has 0 saturated heterocycles. The second kappa shape index (κ2) is 5.78. The highest BCUT2D eigenvalue weighted by Crippen LogP contribution is 2.24. The first-order valence-electron chi connectivity index (χ1n) is 7.02. The normalized spacial score (nSPS) is 14.3. The fraction of sp³-hybridized carbons (Fsp3) is 0.222. The molecule has 0 aliphatic rings. The Morgan fingerprint density at radius 1 is 0.850 bits per heavy atom. The van der Waals surface area contributed by atoms with Crippen LogP contribution in [-0.4, -0.2) is 0 Å². The van der Waals surface area contributed by atoms with Gasteiger partial charge in [-0.2, -0.15) is 0 Å². The SMILES string of the molecule is CC(NC(C)c1cccs1)c1ccc2ccccc2c1. The van der Waals surface area contributed by atoms with Crippen LogP contribution in [0.5, 0.6) is 0 Å². The number of benzene rings is 2. The van der Waals surface area contributed by atoms with E-state index in [4.69, 9.17) is 0 Å². The van der Waals surface area contributed by atoms with Gasteiger partial charge in [0.15, 0.2) is 0 Å². The first-order chi connectivity index (χ1) is 9.74. The van der Waals surface area contributed by atoms with Crippen molar-refractivity contribution in [3.63, 3.8) is 0 Å². The molecule has 2 heteroatoms. The van der Waals surface area contributed by atoms with Crippen molar-refractivity contribution in [2.75, 3.05) is 0 Å². The summed E-state index contributed by atoms with van der Waals surface area (Å²) in [7, 11) is 0. The van der Waals surface area contributed by atoms with Gasteiger partial charge < -0.3 is 5.32 Å². The Bertz CT molecular complexity index is 687. The fourth-order valence-electron chi connectivity index (χ4n) is 2.57. The van der Waals surface area contributed by atoms with Crippen LogP contribution in [0.4, 0.5) is 0 Å². The van der Waals surface area contributed by atoms with Gasteiger partial charge in [-0.15, -0.1) is 11.3 Å². The molecule has 20 heavy (non-hydrogen) atoms. The summed E-state index contributed by atoms with van der Waals surface area (Å²) in [5, 5.41) is 8.42. The van der Waals surface area contributed by atoms with E-state index in [1.54, 1.807) is 0 Å². The molecular weight excluding hydrogens is 262 g/mol. The molecule has 0 fully saturated rings. The lowest BCUT2D eigenvalue weighted by atomic mass is 10.0. The van der Waals surface area contributed by atoms with Gasteiger partial charge in [0.1, 0.15) is 0 Å². The fourth-order valence-corrected chi connectivity index (χ4v) is 3.31. The maximum absolute atomic E-state index is 3.67. The Morgan fingerprint density at radius 3 is 2.40 bits per heavy atom. The quantitative estimate of drug-likeness (QED) is 0.683. The van der Waals surface area contributed by atoms with Crippen molar-refractivity contribution in [3.8, 4) is 0 Å². The van der Waals surface area contributed by atoms with E-state index in [1.807, 2.05) is 11.3 Å². The summed E-state index contributed by atoms with van der Waals surface area (Å²) in [4.78, 5) is 1.39. The summed E-state index contributed by atoms with van der Waals surface area (Å²) in [6.07, 6.45) is 0. The molecule has 3 aromatic rings. The summed E-state index contributed by atoms with van der Waals surface area (Å²) in [6.45, 7) is 4.46. The highest BCUT2D eigenvalue weighted by Gasteiger charge is 2.12. The van der Waals surface area contributed by atoms with Crippen molar-refractivity contribution in [3.05, 3.63) is 70.4 Å². The van der Waals surface area contributed by atoms with Crippen molar-refractivity contribution in [2.24, 2.45) is 0 Å². The van der Waals surface area contributed by atoms with Gasteiger partial charge in [0, 0.05) is 17.0 Å². The summed E-state index contributed by atoms with van der Waals surface area (Å²) in [6, 6.07) is 20.3. The molecule has 0 bridgehead atoms. The molecule has 3 rings (SSSR count). The minimum Gasteiger partial charge on any atom is -0.303 e. The molecule has 102 valence electrons. The lowest BCUT2D eigenvalue weighted by molar-refractivity contribution is 0.500. The molecular formula is C18H19NS. The van der Waals surface area contributed by atoms with Crippen LogP contribution in [0.3, 0.4) is 0 Å². The topological polar surface area (TPSA) is 12.0 Å². The van der Waals surface area contributed by atoms with Crippen molar-refractivity contribution in [1.82, 2.24) is 5.32 Å². The van der Waals surface area contributed by atoms with Crippen LogP contribution in [0.15, 0.2) is 60.0 Å². The molecule has 0 amide bonds. The number of thiophene rings is 1. The third kappa shape index (κ3) is 2.77. The second-order valence-electron chi connectivity index (χ2n) is 5.23. The van der Waals surface area contributed by atoms with E-state index in [0.717, 1.165) is 0 Å². The smallest absolute Gasteiger partial charge is 0.0391 e. The van der Waals surface area contributed by atoms with E-state index in [2.05, 4.69) is 79.1 Å². The van der Waals surface area contributed by atoms with E-state index in [-0.39, 0.29) is 0 Å². The van der Waals surface area contributed by atoms with Crippen LogP contribution in [0, 0.1) is 0 Å². The standard InChI is InChI=1S/C18H19NS/c1-13(19-14(2)18-8-5-11-20-18)16-10-9-15-6-3-4-7-17(15)12-16/h3-14,19H,1-2H3. The molecule has 1 aromatic heterocycles. The van der Waals surface area contributed by atoms with E-state index in [9.17, 15) is 0 Å². The molecule has 0 radical (unpaired) electrons. The van der Waals surface area contributed by atoms with E-state index >= 15 is 0 Å². The molecule has 1 heterocycles. The van der Waals surface area contributed by atoms with Crippen molar-refractivity contribution < 1.29 is 0 Å². The van der Waals surface area contributed by atoms with Gasteiger partial charge in [0.25, 0.3) is 0 Å². The van der Waals surface area contributed by atoms with Gasteiger partial charge in [0.05, 0.1) is 0 Å². The molecule has 2 aromatic carbocycles. The van der Waals surface area contributed by atoms with Gasteiger partial charge in [-0.1, -0.05) is 42.5 Å². The molecule has 0 aliphatic heterocycles. The van der Waals surface area contributed by atoms with Gasteiger partial charge >= 0.3 is 0 Å². The van der Waals surface area contributed by atoms with Crippen LogP contribution < -0.4 is 5.32 Å². The lowest BCUT2D eigenvalue weighted by Crippen LogP contribution is -2.21. The first kappa shape index (κ1) is 13.3. The minimum absolute atomic E-state index is 0.344. The minimum atomic E-state index is 0.344. The molecule has 0 saturated carbocycles. The molecule has 1 nitrogen and oxygen atoms in total. The first-order valence-corrected chi connectivity index (χ1v) is 7.90. The van der Waals surface area contributed by atoms with Crippen LogP contribution in [0.25, 0.3) is 10.8 Å². The third-order valence-corrected chi connectivity index (χ3v) is 4.80. The highest BCUT2D eigenvalue weighted by atomic mass is 32.1. The molecule has 0 spiro atoms. The number of fused-ring (bicyclic) bond motifs is 1. The van der Waals surface area contributed by atoms with E-state index < -0.39 is 0 Å². The number of hydrogen-bond donors (Lipinski definition) is 1. The van der Waals surface area contributed by atoms with Gasteiger partial charge in [0.2, 0.25) is 0 Å². The van der Waals surface area contributed by atoms with Crippen molar-refractivity contribution >= 4 is 22.1 Å². The molecule has 2 atom stereocenters. The van der Waals surface area contributed by atoms with Gasteiger partial charge in [-0.25, -0.2) is 0 Å². The van der Waals surface area contributed by atoms with Crippen LogP contribution in [-0.2, 0) is 0 Å². The predicted molar refractivity (Wildman–Crippen MR) is 88.2 cm³/mol. The van der Waals surface area contributed by atoms with Crippen LogP contribution in [0.2, 0.25) is 0 Å². The Labute approximate surface area is 124 Å². The van der Waals surface area contributed by atoms with Crippen molar-refractivity contribution in [1.29, 1.82) is 0 Å². The monoisotopic (exact) mass is 281 g/mol. The third-order valence-electron chi connectivity index (χ3n) is 3.74. The Hall–Kier alpha value is -1.64. The van der Waals surface area contributed by atoms with Crippen LogP contribution >= 0.6 is 11.3 Å². The zero-order valence-corrected chi connectivity index (χ0v) is 12.7. The maximum atomic E-state index is 3.67. The Kier molecular flexibility index (Phi) is 3.86. The van der Waals surface area contributed by atoms with Crippen molar-refractivity contribution in [2.45, 2.75) is 25.9 Å². The summed E-state index contributed by atoms with van der Waals surface area (Å²) < 4.78 is 0. The molecule has 2 unspecified atom stereocenters. The summed E-state index contributed by atoms with van der Waals surface area (Å²) in [5.41, 5.74) is 1.34. The largest absolute Gasteiger partial charge is 0.303 e. The predicted octanol–water partition coefficient (Wildman–Crippen LogP) is 5.31. The average molecular weight is 281 g/mol. The van der Waals surface area contributed by atoms with Crippen LogP contribution in [0.1, 0.15) is 36.4 Å². The number of nitrogens with one attached hydrogen (secondary N) is 1. The average Bonchev–Trinajstić information content (AvgIpc) is 3.01. The van der Waals surface area contributed by atoms with Gasteiger partial charge in [-0.05, 0) is 47.7 Å². The van der Waals surface area contributed by atoms with E-state index in [0.29, 0.717) is 12.1 Å².